The Bertz CT molecular complexity index is 456. The second-order valence-corrected chi connectivity index (χ2v) is 5.44. The lowest BCUT2D eigenvalue weighted by Gasteiger charge is -2.23. The number of nitrogens with zero attached hydrogens (tertiary/aromatic N) is 2. The highest BCUT2D eigenvalue weighted by Gasteiger charge is 2.22. The van der Waals surface area contributed by atoms with Crippen LogP contribution in [0.4, 0.5) is 4.79 Å². The van der Waals surface area contributed by atoms with Crippen molar-refractivity contribution in [2.75, 3.05) is 18.6 Å². The summed E-state index contributed by atoms with van der Waals surface area (Å²) in [5, 5.41) is 11.7. The molecular weight excluding hydrogens is 290 g/mol. The smallest absolute Gasteiger partial charge is 0.326 e. The van der Waals surface area contributed by atoms with Gasteiger partial charge >= 0.3 is 12.0 Å². The first-order chi connectivity index (χ1) is 10.1. The molecule has 1 heterocycles. The molecule has 0 unspecified atom stereocenters. The molecule has 1 aromatic heterocycles. The summed E-state index contributed by atoms with van der Waals surface area (Å²) in [6.07, 6.45) is 3.98. The Morgan fingerprint density at radius 2 is 2.24 bits per heavy atom. The first-order valence-electron chi connectivity index (χ1n) is 6.75. The van der Waals surface area contributed by atoms with Crippen LogP contribution in [0.2, 0.25) is 0 Å². The van der Waals surface area contributed by atoms with Crippen molar-refractivity contribution in [3.63, 3.8) is 0 Å². The summed E-state index contributed by atoms with van der Waals surface area (Å²) in [7, 11) is 0. The van der Waals surface area contributed by atoms with Gasteiger partial charge in [-0.25, -0.2) is 9.59 Å². The van der Waals surface area contributed by atoms with Crippen LogP contribution in [0.5, 0.6) is 0 Å². The minimum atomic E-state index is -1.01. The summed E-state index contributed by atoms with van der Waals surface area (Å²) in [5.74, 6) is -0.324. The molecule has 2 N–H and O–H groups in total. The maximum Gasteiger partial charge on any atom is 0.326 e. The molecule has 1 rings (SSSR count). The Hall–Kier alpha value is -1.76. The lowest BCUT2D eigenvalue weighted by Crippen LogP contribution is -2.48. The quantitative estimate of drug-likeness (QED) is 0.765. The number of nitrogens with one attached hydrogen (secondary N) is 1. The lowest BCUT2D eigenvalue weighted by atomic mass is 10.2. The van der Waals surface area contributed by atoms with Gasteiger partial charge in [-0.1, -0.05) is 6.07 Å². The van der Waals surface area contributed by atoms with Gasteiger partial charge in [-0.3, -0.25) is 4.98 Å². The third kappa shape index (κ3) is 6.03. The fourth-order valence-electron chi connectivity index (χ4n) is 1.75. The van der Waals surface area contributed by atoms with Crippen molar-refractivity contribution in [1.29, 1.82) is 0 Å². The molecule has 0 aliphatic carbocycles. The highest BCUT2D eigenvalue weighted by molar-refractivity contribution is 7.98. The third-order valence-electron chi connectivity index (χ3n) is 2.95. The topological polar surface area (TPSA) is 82.5 Å². The summed E-state index contributed by atoms with van der Waals surface area (Å²) in [6, 6.07) is 4.26. The molecule has 7 heteroatoms. The molecule has 0 aromatic carbocycles. The molecule has 0 saturated heterocycles. The summed E-state index contributed by atoms with van der Waals surface area (Å²) in [4.78, 5) is 29.0. The van der Waals surface area contributed by atoms with Crippen LogP contribution < -0.4 is 5.32 Å². The van der Waals surface area contributed by atoms with Gasteiger partial charge in [-0.15, -0.1) is 0 Å². The van der Waals surface area contributed by atoms with Crippen LogP contribution in [0.3, 0.4) is 0 Å². The average molecular weight is 311 g/mol. The van der Waals surface area contributed by atoms with Crippen LogP contribution in [0.15, 0.2) is 24.4 Å². The Kier molecular flexibility index (Phi) is 7.60. The van der Waals surface area contributed by atoms with E-state index in [2.05, 4.69) is 10.3 Å². The van der Waals surface area contributed by atoms with E-state index < -0.39 is 12.0 Å². The number of hydrogen-bond donors (Lipinski definition) is 2. The van der Waals surface area contributed by atoms with Crippen LogP contribution in [0.1, 0.15) is 19.0 Å². The molecule has 0 spiro atoms. The monoisotopic (exact) mass is 311 g/mol. The van der Waals surface area contributed by atoms with Gasteiger partial charge in [0.2, 0.25) is 0 Å². The van der Waals surface area contributed by atoms with Crippen LogP contribution in [0.25, 0.3) is 0 Å². The number of pyridine rings is 1. The Morgan fingerprint density at radius 1 is 1.48 bits per heavy atom. The van der Waals surface area contributed by atoms with E-state index in [1.54, 1.807) is 18.0 Å². The second-order valence-electron chi connectivity index (χ2n) is 4.46. The third-order valence-corrected chi connectivity index (χ3v) is 3.60. The molecule has 0 fully saturated rings. The number of carboxylic acid groups (broad SMARTS) is 1. The Morgan fingerprint density at radius 3 is 2.76 bits per heavy atom. The molecule has 0 aliphatic heterocycles. The zero-order valence-corrected chi connectivity index (χ0v) is 13.1. The predicted octanol–water partition coefficient (Wildman–Crippen LogP) is 1.82. The van der Waals surface area contributed by atoms with Crippen molar-refractivity contribution in [3.05, 3.63) is 30.1 Å². The number of aromatic nitrogens is 1. The molecule has 0 radical (unpaired) electrons. The van der Waals surface area contributed by atoms with E-state index in [1.165, 1.54) is 4.90 Å². The molecule has 6 nitrogen and oxygen atoms in total. The summed E-state index contributed by atoms with van der Waals surface area (Å²) in [6.45, 7) is 2.69. The van der Waals surface area contributed by atoms with Crippen molar-refractivity contribution in [1.82, 2.24) is 15.2 Å². The van der Waals surface area contributed by atoms with Crippen molar-refractivity contribution < 1.29 is 14.7 Å². The number of hydrogen-bond acceptors (Lipinski definition) is 4. The Labute approximate surface area is 128 Å². The number of urea groups is 1. The lowest BCUT2D eigenvalue weighted by molar-refractivity contribution is -0.139. The van der Waals surface area contributed by atoms with Gasteiger partial charge < -0.3 is 15.3 Å². The normalized spacial score (nSPS) is 11.7. The minimum Gasteiger partial charge on any atom is -0.480 e. The highest BCUT2D eigenvalue weighted by atomic mass is 32.2. The molecule has 0 saturated carbocycles. The van der Waals surface area contributed by atoms with Crippen molar-refractivity contribution >= 4 is 23.8 Å². The fraction of sp³-hybridized carbons (Fsp3) is 0.500. The number of rotatable bonds is 8. The number of carbonyl (C=O) groups excluding carboxylic acids is 1. The fourth-order valence-corrected chi connectivity index (χ4v) is 2.22. The zero-order valence-electron chi connectivity index (χ0n) is 12.3. The number of aliphatic carboxylic acids is 1. The Balaban J connectivity index is 2.62. The molecule has 0 aliphatic rings. The second kappa shape index (κ2) is 9.23. The van der Waals surface area contributed by atoms with Gasteiger partial charge in [0.25, 0.3) is 0 Å². The number of thioether (sulfide) groups is 1. The van der Waals surface area contributed by atoms with Gasteiger partial charge in [0.1, 0.15) is 6.04 Å². The number of carboxylic acids is 1. The van der Waals surface area contributed by atoms with Gasteiger partial charge in [0.15, 0.2) is 0 Å². The van der Waals surface area contributed by atoms with E-state index in [0.29, 0.717) is 25.3 Å². The van der Waals surface area contributed by atoms with Gasteiger partial charge in [0.05, 0.1) is 12.2 Å². The van der Waals surface area contributed by atoms with Crippen LogP contribution in [-0.2, 0) is 11.3 Å². The molecular formula is C14H21N3O3S. The van der Waals surface area contributed by atoms with Crippen molar-refractivity contribution in [3.8, 4) is 0 Å². The number of carbonyl (C=O) groups is 2. The molecule has 1 atom stereocenters. The maximum atomic E-state index is 12.2. The van der Waals surface area contributed by atoms with E-state index in [1.807, 2.05) is 31.4 Å². The standard InChI is InChI=1S/C14H21N3O3S/c1-3-17(10-11-6-4-5-8-15-11)14(20)16-12(13(18)19)7-9-21-2/h4-6,8,12H,3,7,9-10H2,1-2H3,(H,16,20)(H,18,19)/t12-/m0/s1. The summed E-state index contributed by atoms with van der Waals surface area (Å²) >= 11 is 1.55. The highest BCUT2D eigenvalue weighted by Crippen LogP contribution is 2.05. The molecule has 21 heavy (non-hydrogen) atoms. The van der Waals surface area contributed by atoms with Crippen molar-refractivity contribution in [2.24, 2.45) is 0 Å². The van der Waals surface area contributed by atoms with E-state index in [9.17, 15) is 9.59 Å². The van der Waals surface area contributed by atoms with E-state index >= 15 is 0 Å². The molecule has 2 amide bonds. The van der Waals surface area contributed by atoms with E-state index in [0.717, 1.165) is 5.69 Å². The first-order valence-corrected chi connectivity index (χ1v) is 8.15. The molecule has 116 valence electrons. The van der Waals surface area contributed by atoms with Crippen molar-refractivity contribution in [2.45, 2.75) is 25.9 Å². The van der Waals surface area contributed by atoms with Gasteiger partial charge in [0, 0.05) is 12.7 Å². The largest absolute Gasteiger partial charge is 0.480 e. The number of amides is 2. The zero-order chi connectivity index (χ0) is 15.7. The van der Waals surface area contributed by atoms with Crippen LogP contribution >= 0.6 is 11.8 Å². The van der Waals surface area contributed by atoms with Crippen LogP contribution in [0, 0.1) is 0 Å². The molecule has 0 bridgehead atoms. The minimum absolute atomic E-state index is 0.359. The summed E-state index contributed by atoms with van der Waals surface area (Å²) < 4.78 is 0. The predicted molar refractivity (Wildman–Crippen MR) is 83.3 cm³/mol. The average Bonchev–Trinajstić information content (AvgIpc) is 2.49. The first kappa shape index (κ1) is 17.3. The summed E-state index contributed by atoms with van der Waals surface area (Å²) in [5.41, 5.74) is 0.769. The molecule has 1 aromatic rings. The SMILES string of the molecule is CCN(Cc1ccccn1)C(=O)N[C@@H](CCSC)C(=O)O. The van der Waals surface area contributed by atoms with Crippen LogP contribution in [-0.4, -0.2) is 51.6 Å². The van der Waals surface area contributed by atoms with E-state index in [4.69, 9.17) is 5.11 Å². The van der Waals surface area contributed by atoms with Gasteiger partial charge in [-0.05, 0) is 37.5 Å². The van der Waals surface area contributed by atoms with E-state index in [-0.39, 0.29) is 6.03 Å². The van der Waals surface area contributed by atoms with Gasteiger partial charge in [-0.2, -0.15) is 11.8 Å². The maximum absolute atomic E-state index is 12.2.